The summed E-state index contributed by atoms with van der Waals surface area (Å²) >= 11 is 6.07. The Balaban J connectivity index is 1.10. The molecule has 0 radical (unpaired) electrons. The number of rotatable bonds is 9. The van der Waals surface area contributed by atoms with Crippen molar-refractivity contribution in [2.24, 2.45) is 7.05 Å². The number of nitrogens with zero attached hydrogens (tertiary/aromatic N) is 2. The van der Waals surface area contributed by atoms with Crippen molar-refractivity contribution in [3.05, 3.63) is 155 Å². The summed E-state index contributed by atoms with van der Waals surface area (Å²) in [7, 11) is 4.86. The third kappa shape index (κ3) is 7.85. The van der Waals surface area contributed by atoms with Crippen LogP contribution in [-0.2, 0) is 26.4 Å². The second-order valence-electron chi connectivity index (χ2n) is 12.0. The van der Waals surface area contributed by atoms with Gasteiger partial charge in [-0.1, -0.05) is 48.0 Å². The average molecular weight is 677 g/mol. The first kappa shape index (κ1) is 33.5. The highest BCUT2D eigenvalue weighted by atomic mass is 35.5. The van der Waals surface area contributed by atoms with Crippen molar-refractivity contribution in [3.63, 3.8) is 0 Å². The molecule has 1 aliphatic rings. The van der Waals surface area contributed by atoms with Gasteiger partial charge in [0.2, 0.25) is 0 Å². The Labute approximate surface area is 288 Å². The van der Waals surface area contributed by atoms with Gasteiger partial charge >= 0.3 is 0 Å². The predicted octanol–water partition coefficient (Wildman–Crippen LogP) is 4.25. The van der Waals surface area contributed by atoms with Gasteiger partial charge in [0, 0.05) is 43.0 Å². The maximum Gasteiger partial charge on any atom is 0.274 e. The number of nitrogens with one attached hydrogen (secondary N) is 2. The Morgan fingerprint density at radius 1 is 0.898 bits per heavy atom. The Morgan fingerprint density at radius 2 is 1.59 bits per heavy atom. The molecule has 10 heteroatoms. The molecule has 2 heterocycles. The molecule has 0 saturated heterocycles. The smallest absolute Gasteiger partial charge is 0.274 e. The summed E-state index contributed by atoms with van der Waals surface area (Å²) in [6, 6.07) is 25.9. The van der Waals surface area contributed by atoms with Crippen molar-refractivity contribution in [3.8, 4) is 11.5 Å². The monoisotopic (exact) mass is 676 g/mol. The number of methoxy groups -OCH3 is 2. The minimum absolute atomic E-state index is 0.109. The summed E-state index contributed by atoms with van der Waals surface area (Å²) in [5.74, 6) is 1.24. The van der Waals surface area contributed by atoms with Gasteiger partial charge < -0.3 is 24.3 Å². The Hall–Kier alpha value is -5.38. The third-order valence-electron chi connectivity index (χ3n) is 8.71. The van der Waals surface area contributed by atoms with E-state index in [1.165, 1.54) is 21.3 Å². The SMILES string of the molecule is COc1cc2c(cc1OC)CN(CCc1ccc(NC(=O)c3cccc(C=c4[nH]c(=O)c(=Cc5cccc(Cl)c5)n(C)c4=O)c3)cc1)CC2. The highest BCUT2D eigenvalue weighted by molar-refractivity contribution is 6.30. The number of fused-ring (bicyclic) bond motifs is 1. The number of carbonyl (C=O) groups is 1. The number of halogens is 1. The molecule has 6 rings (SSSR count). The molecule has 0 atom stereocenters. The standard InChI is InChI=1S/C39H37ClN4O5/c1-43-34(21-27-7-5-9-31(40)19-27)38(46)42-33(39(43)47)20-26-6-4-8-29(18-26)37(45)41-32-12-10-25(11-13-32)14-16-44-17-15-28-22-35(48-2)36(49-3)23-30(28)24-44/h4-13,18-23H,14-17,24H2,1-3H3,(H,41,45)(H,42,46). The van der Waals surface area contributed by atoms with Crippen LogP contribution >= 0.6 is 11.6 Å². The van der Waals surface area contributed by atoms with Crippen LogP contribution in [0.5, 0.6) is 11.5 Å². The first-order valence-electron chi connectivity index (χ1n) is 16.0. The number of H-pyrrole nitrogens is 1. The van der Waals surface area contributed by atoms with E-state index in [0.717, 1.165) is 44.0 Å². The lowest BCUT2D eigenvalue weighted by atomic mass is 9.98. The summed E-state index contributed by atoms with van der Waals surface area (Å²) in [6.45, 7) is 2.75. The van der Waals surface area contributed by atoms with E-state index in [1.54, 1.807) is 82.0 Å². The molecule has 1 amide bonds. The number of carbonyl (C=O) groups excluding carboxylic acids is 1. The molecule has 2 N–H and O–H groups in total. The number of anilines is 1. The minimum atomic E-state index is -0.423. The summed E-state index contributed by atoms with van der Waals surface area (Å²) in [6.07, 6.45) is 5.02. The van der Waals surface area contributed by atoms with Crippen LogP contribution in [0, 0.1) is 0 Å². The van der Waals surface area contributed by atoms with Crippen molar-refractivity contribution in [2.75, 3.05) is 32.6 Å². The highest BCUT2D eigenvalue weighted by Gasteiger charge is 2.19. The van der Waals surface area contributed by atoms with E-state index in [2.05, 4.69) is 27.3 Å². The first-order chi connectivity index (χ1) is 23.7. The van der Waals surface area contributed by atoms with E-state index in [4.69, 9.17) is 21.1 Å². The molecule has 0 spiro atoms. The lowest BCUT2D eigenvalue weighted by Gasteiger charge is -2.29. The maximum absolute atomic E-state index is 13.2. The van der Waals surface area contributed by atoms with Crippen LogP contribution in [0.15, 0.2) is 94.5 Å². The fraction of sp³-hybridized carbons (Fsp3) is 0.205. The number of amides is 1. The normalized spacial score (nSPS) is 13.6. The lowest BCUT2D eigenvalue weighted by molar-refractivity contribution is 0.102. The lowest BCUT2D eigenvalue weighted by Crippen LogP contribution is -2.52. The van der Waals surface area contributed by atoms with Crippen LogP contribution in [0.3, 0.4) is 0 Å². The summed E-state index contributed by atoms with van der Waals surface area (Å²) in [5.41, 5.74) is 5.34. The van der Waals surface area contributed by atoms with Gasteiger partial charge in [-0.3, -0.25) is 19.3 Å². The van der Waals surface area contributed by atoms with E-state index in [1.807, 2.05) is 24.3 Å². The zero-order valence-corrected chi connectivity index (χ0v) is 28.3. The molecule has 4 aromatic carbocycles. The minimum Gasteiger partial charge on any atom is -0.493 e. The Kier molecular flexibility index (Phi) is 10.1. The molecule has 1 aliphatic heterocycles. The zero-order chi connectivity index (χ0) is 34.5. The molecular formula is C39H37ClN4O5. The van der Waals surface area contributed by atoms with E-state index in [0.29, 0.717) is 27.4 Å². The first-order valence-corrected chi connectivity index (χ1v) is 16.3. The van der Waals surface area contributed by atoms with Gasteiger partial charge in [0.15, 0.2) is 11.5 Å². The van der Waals surface area contributed by atoms with Crippen LogP contribution < -0.4 is 36.6 Å². The number of hydrogen-bond donors (Lipinski definition) is 2. The average Bonchev–Trinajstić information content (AvgIpc) is 3.11. The van der Waals surface area contributed by atoms with Gasteiger partial charge in [-0.2, -0.15) is 0 Å². The number of benzene rings is 4. The fourth-order valence-corrected chi connectivity index (χ4v) is 6.21. The largest absolute Gasteiger partial charge is 0.493 e. The zero-order valence-electron chi connectivity index (χ0n) is 27.6. The van der Waals surface area contributed by atoms with Gasteiger partial charge in [-0.25, -0.2) is 0 Å². The Morgan fingerprint density at radius 3 is 2.31 bits per heavy atom. The van der Waals surface area contributed by atoms with Gasteiger partial charge in [0.05, 0.1) is 14.2 Å². The van der Waals surface area contributed by atoms with Crippen LogP contribution in [-0.4, -0.2) is 47.7 Å². The number of aromatic amines is 1. The van der Waals surface area contributed by atoms with Crippen LogP contribution in [0.2, 0.25) is 5.02 Å². The topological polar surface area (TPSA) is 106 Å². The summed E-state index contributed by atoms with van der Waals surface area (Å²) < 4.78 is 12.3. The Bertz CT molecular complexity index is 2260. The van der Waals surface area contributed by atoms with Crippen molar-refractivity contribution in [2.45, 2.75) is 19.4 Å². The second-order valence-corrected chi connectivity index (χ2v) is 12.4. The number of ether oxygens (including phenoxy) is 2. The van der Waals surface area contributed by atoms with Crippen molar-refractivity contribution in [1.29, 1.82) is 0 Å². The molecule has 5 aromatic rings. The van der Waals surface area contributed by atoms with E-state index in [9.17, 15) is 14.4 Å². The van der Waals surface area contributed by atoms with Crippen LogP contribution in [0.25, 0.3) is 12.2 Å². The number of hydrogen-bond acceptors (Lipinski definition) is 6. The molecule has 1 aromatic heterocycles. The highest BCUT2D eigenvalue weighted by Crippen LogP contribution is 2.33. The van der Waals surface area contributed by atoms with Gasteiger partial charge in [0.25, 0.3) is 17.0 Å². The molecule has 0 saturated carbocycles. The second kappa shape index (κ2) is 14.8. The van der Waals surface area contributed by atoms with Gasteiger partial charge in [0.1, 0.15) is 10.7 Å². The molecule has 0 bridgehead atoms. The van der Waals surface area contributed by atoms with Crippen molar-refractivity contribution < 1.29 is 14.3 Å². The quantitative estimate of drug-likeness (QED) is 0.242. The molecule has 0 fully saturated rings. The third-order valence-corrected chi connectivity index (χ3v) is 8.95. The maximum atomic E-state index is 13.2. The van der Waals surface area contributed by atoms with Crippen LogP contribution in [0.1, 0.15) is 38.2 Å². The van der Waals surface area contributed by atoms with Crippen molar-refractivity contribution >= 4 is 35.3 Å². The summed E-state index contributed by atoms with van der Waals surface area (Å²) in [4.78, 5) is 44.4. The van der Waals surface area contributed by atoms with Crippen molar-refractivity contribution in [1.82, 2.24) is 14.5 Å². The molecule has 49 heavy (non-hydrogen) atoms. The van der Waals surface area contributed by atoms with E-state index < -0.39 is 5.56 Å². The van der Waals surface area contributed by atoms with Gasteiger partial charge in [-0.05, 0) is 101 Å². The molecule has 9 nitrogen and oxygen atoms in total. The fourth-order valence-electron chi connectivity index (χ4n) is 6.01. The molecule has 0 unspecified atom stereocenters. The molecule has 0 aliphatic carbocycles. The molecule has 250 valence electrons. The van der Waals surface area contributed by atoms with E-state index in [-0.39, 0.29) is 22.2 Å². The van der Waals surface area contributed by atoms with Crippen LogP contribution in [0.4, 0.5) is 5.69 Å². The predicted molar refractivity (Wildman–Crippen MR) is 193 cm³/mol. The van der Waals surface area contributed by atoms with E-state index >= 15 is 0 Å². The molecular weight excluding hydrogens is 640 g/mol. The number of aromatic nitrogens is 2. The van der Waals surface area contributed by atoms with Gasteiger partial charge in [-0.15, -0.1) is 0 Å². The summed E-state index contributed by atoms with van der Waals surface area (Å²) in [5, 5.41) is 3.79.